The van der Waals surface area contributed by atoms with Crippen molar-refractivity contribution >= 4 is 0 Å². The molecule has 0 unspecified atom stereocenters. The van der Waals surface area contributed by atoms with Crippen molar-refractivity contribution in [1.29, 1.82) is 0 Å². The first-order valence-electron chi connectivity index (χ1n) is 8.35. The molecule has 0 amide bonds. The fraction of sp³-hybridized carbons (Fsp3) is 0.368. The molecule has 3 aromatic rings. The molecule has 5 nitrogen and oxygen atoms in total. The van der Waals surface area contributed by atoms with Gasteiger partial charge >= 0.3 is 0 Å². The van der Waals surface area contributed by atoms with Gasteiger partial charge < -0.3 is 14.2 Å². The van der Waals surface area contributed by atoms with Crippen LogP contribution < -0.4 is 0 Å². The van der Waals surface area contributed by atoms with E-state index in [-0.39, 0.29) is 6.10 Å². The van der Waals surface area contributed by atoms with E-state index in [2.05, 4.69) is 26.8 Å². The molecule has 4 rings (SSSR count). The lowest BCUT2D eigenvalue weighted by atomic mass is 9.82. The van der Waals surface area contributed by atoms with Crippen LogP contribution in [0.3, 0.4) is 0 Å². The van der Waals surface area contributed by atoms with Gasteiger partial charge in [-0.1, -0.05) is 35.5 Å². The minimum absolute atomic E-state index is 0.144. The Morgan fingerprint density at radius 2 is 1.96 bits per heavy atom. The van der Waals surface area contributed by atoms with Crippen LogP contribution in [0.1, 0.15) is 24.3 Å². The molecule has 1 aliphatic carbocycles. The molecule has 5 heteroatoms. The van der Waals surface area contributed by atoms with Gasteiger partial charge in [0.15, 0.2) is 0 Å². The molecule has 0 radical (unpaired) electrons. The lowest BCUT2D eigenvalue weighted by Crippen LogP contribution is -2.31. The third kappa shape index (κ3) is 2.55. The molecule has 24 heavy (non-hydrogen) atoms. The highest BCUT2D eigenvalue weighted by atomic mass is 16.5. The van der Waals surface area contributed by atoms with Crippen LogP contribution in [-0.2, 0) is 6.54 Å². The van der Waals surface area contributed by atoms with Gasteiger partial charge in [-0.3, -0.25) is 0 Å². The van der Waals surface area contributed by atoms with Crippen molar-refractivity contribution in [3.63, 3.8) is 0 Å². The molecular formula is C19H21N3O2. The summed E-state index contributed by atoms with van der Waals surface area (Å²) in [6.45, 7) is 4.76. The fourth-order valence-electron chi connectivity index (χ4n) is 3.54. The lowest BCUT2D eigenvalue weighted by molar-refractivity contribution is 0.0354. The van der Waals surface area contributed by atoms with Crippen LogP contribution in [0.25, 0.3) is 22.5 Å². The highest BCUT2D eigenvalue weighted by Gasteiger charge is 2.29. The SMILES string of the molecule is Cc1noc(C)c1-c1c(-c2ccccc2)ncn1CC1CC(O)C1. The van der Waals surface area contributed by atoms with Crippen LogP contribution in [0.4, 0.5) is 0 Å². The van der Waals surface area contributed by atoms with Crippen LogP contribution >= 0.6 is 0 Å². The standard InChI is InChI=1S/C19H21N3O2/c1-12-17(13(2)24-21-12)19-18(15-6-4-3-5-7-15)20-11-22(19)10-14-8-16(23)9-14/h3-7,11,14,16,23H,8-10H2,1-2H3. The number of aryl methyl sites for hydroxylation is 2. The molecule has 0 atom stereocenters. The van der Waals surface area contributed by atoms with Crippen molar-refractivity contribution in [2.45, 2.75) is 39.3 Å². The summed E-state index contributed by atoms with van der Waals surface area (Å²) in [4.78, 5) is 4.69. The second-order valence-corrected chi connectivity index (χ2v) is 6.65. The van der Waals surface area contributed by atoms with Gasteiger partial charge in [-0.05, 0) is 32.6 Å². The topological polar surface area (TPSA) is 64.1 Å². The van der Waals surface area contributed by atoms with Gasteiger partial charge in [0.25, 0.3) is 0 Å². The zero-order chi connectivity index (χ0) is 16.7. The largest absolute Gasteiger partial charge is 0.393 e. The molecule has 0 saturated heterocycles. The fourth-order valence-corrected chi connectivity index (χ4v) is 3.54. The van der Waals surface area contributed by atoms with Gasteiger partial charge in [-0.2, -0.15) is 0 Å². The Balaban J connectivity index is 1.82. The predicted octanol–water partition coefficient (Wildman–Crippen LogP) is 3.59. The molecule has 124 valence electrons. The third-order valence-corrected chi connectivity index (χ3v) is 4.82. The Kier molecular flexibility index (Phi) is 3.73. The van der Waals surface area contributed by atoms with Crippen LogP contribution in [0.15, 0.2) is 41.2 Å². The van der Waals surface area contributed by atoms with Gasteiger partial charge in [0.05, 0.1) is 35.1 Å². The van der Waals surface area contributed by atoms with Crippen LogP contribution in [0.2, 0.25) is 0 Å². The zero-order valence-corrected chi connectivity index (χ0v) is 13.9. The molecule has 1 aromatic carbocycles. The first-order chi connectivity index (χ1) is 11.6. The van der Waals surface area contributed by atoms with Gasteiger partial charge in [-0.15, -0.1) is 0 Å². The zero-order valence-electron chi connectivity index (χ0n) is 13.9. The quantitative estimate of drug-likeness (QED) is 0.797. The molecule has 1 fully saturated rings. The Bertz CT molecular complexity index is 825. The average Bonchev–Trinajstić information content (AvgIpc) is 3.10. The van der Waals surface area contributed by atoms with E-state index in [0.717, 1.165) is 53.4 Å². The van der Waals surface area contributed by atoms with E-state index in [9.17, 15) is 5.11 Å². The van der Waals surface area contributed by atoms with Crippen LogP contribution in [-0.4, -0.2) is 25.9 Å². The average molecular weight is 323 g/mol. The predicted molar refractivity (Wildman–Crippen MR) is 91.4 cm³/mol. The summed E-state index contributed by atoms with van der Waals surface area (Å²) >= 11 is 0. The van der Waals surface area contributed by atoms with Gasteiger partial charge in [0.2, 0.25) is 0 Å². The summed E-state index contributed by atoms with van der Waals surface area (Å²) in [7, 11) is 0. The second kappa shape index (κ2) is 5.91. The Labute approximate surface area is 140 Å². The maximum atomic E-state index is 9.57. The van der Waals surface area contributed by atoms with E-state index < -0.39 is 0 Å². The van der Waals surface area contributed by atoms with E-state index in [4.69, 9.17) is 4.52 Å². The number of aromatic nitrogens is 3. The normalized spacial score (nSPS) is 20.1. The van der Waals surface area contributed by atoms with Crippen molar-refractivity contribution in [2.24, 2.45) is 5.92 Å². The van der Waals surface area contributed by atoms with Crippen molar-refractivity contribution in [2.75, 3.05) is 0 Å². The van der Waals surface area contributed by atoms with E-state index >= 15 is 0 Å². The maximum absolute atomic E-state index is 9.57. The minimum atomic E-state index is -0.144. The molecule has 2 heterocycles. The molecule has 0 aliphatic heterocycles. The number of benzene rings is 1. The number of hydrogen-bond donors (Lipinski definition) is 1. The Morgan fingerprint density at radius 1 is 1.21 bits per heavy atom. The molecule has 2 aromatic heterocycles. The Hall–Kier alpha value is -2.40. The smallest absolute Gasteiger partial charge is 0.143 e. The monoisotopic (exact) mass is 323 g/mol. The van der Waals surface area contributed by atoms with Gasteiger partial charge in [0, 0.05) is 12.1 Å². The van der Waals surface area contributed by atoms with Crippen molar-refractivity contribution < 1.29 is 9.63 Å². The summed E-state index contributed by atoms with van der Waals surface area (Å²) in [6, 6.07) is 10.2. The maximum Gasteiger partial charge on any atom is 0.143 e. The van der Waals surface area contributed by atoms with E-state index in [1.54, 1.807) is 0 Å². The van der Waals surface area contributed by atoms with Crippen LogP contribution in [0, 0.1) is 19.8 Å². The first-order valence-corrected chi connectivity index (χ1v) is 8.35. The van der Waals surface area contributed by atoms with Crippen molar-refractivity contribution in [3.8, 4) is 22.5 Å². The highest BCUT2D eigenvalue weighted by Crippen LogP contribution is 2.37. The molecule has 0 bridgehead atoms. The molecule has 1 N–H and O–H groups in total. The number of nitrogens with zero attached hydrogens (tertiary/aromatic N) is 3. The number of imidazole rings is 1. The first kappa shape index (κ1) is 15.1. The Morgan fingerprint density at radius 3 is 2.58 bits per heavy atom. The number of rotatable bonds is 4. The molecule has 1 aliphatic rings. The van der Waals surface area contributed by atoms with Gasteiger partial charge in [0.1, 0.15) is 5.76 Å². The van der Waals surface area contributed by atoms with Crippen LogP contribution in [0.5, 0.6) is 0 Å². The summed E-state index contributed by atoms with van der Waals surface area (Å²) in [6.07, 6.45) is 3.48. The van der Waals surface area contributed by atoms with E-state index in [1.165, 1.54) is 0 Å². The molecule has 1 saturated carbocycles. The molecular weight excluding hydrogens is 302 g/mol. The molecule has 0 spiro atoms. The highest BCUT2D eigenvalue weighted by molar-refractivity contribution is 5.80. The summed E-state index contributed by atoms with van der Waals surface area (Å²) < 4.78 is 7.58. The van der Waals surface area contributed by atoms with E-state index in [1.807, 2.05) is 38.4 Å². The number of hydrogen-bond acceptors (Lipinski definition) is 4. The third-order valence-electron chi connectivity index (χ3n) is 4.82. The lowest BCUT2D eigenvalue weighted by Gasteiger charge is -2.32. The number of aliphatic hydroxyl groups is 1. The minimum Gasteiger partial charge on any atom is -0.393 e. The summed E-state index contributed by atoms with van der Waals surface area (Å²) in [5, 5.41) is 13.7. The van der Waals surface area contributed by atoms with E-state index in [0.29, 0.717) is 5.92 Å². The summed E-state index contributed by atoms with van der Waals surface area (Å²) in [5.74, 6) is 1.30. The van der Waals surface area contributed by atoms with Gasteiger partial charge in [-0.25, -0.2) is 4.98 Å². The van der Waals surface area contributed by atoms with Crippen molar-refractivity contribution in [1.82, 2.24) is 14.7 Å². The van der Waals surface area contributed by atoms with Crippen molar-refractivity contribution in [3.05, 3.63) is 48.1 Å². The number of aliphatic hydroxyl groups excluding tert-OH is 1. The second-order valence-electron chi connectivity index (χ2n) is 6.65. The summed E-state index contributed by atoms with van der Waals surface area (Å²) in [5.41, 5.74) is 4.98.